The first-order valence-corrected chi connectivity index (χ1v) is 9.56. The number of ether oxygens (including phenoxy) is 1. The van der Waals surface area contributed by atoms with E-state index in [1.165, 1.54) is 0 Å². The summed E-state index contributed by atoms with van der Waals surface area (Å²) < 4.78 is 5.91. The molecule has 138 valence electrons. The average Bonchev–Trinajstić information content (AvgIpc) is 3.34. The number of cyclic esters (lactones) is 1. The van der Waals surface area contributed by atoms with Crippen LogP contribution < -0.4 is 15.9 Å². The fraction of sp³-hybridized carbons (Fsp3) is 0.579. The summed E-state index contributed by atoms with van der Waals surface area (Å²) >= 11 is 0. The van der Waals surface area contributed by atoms with Crippen LogP contribution in [-0.2, 0) is 9.53 Å². The molecule has 5 rings (SSSR count). The van der Waals surface area contributed by atoms with E-state index in [1.54, 1.807) is 0 Å². The fourth-order valence-corrected chi connectivity index (χ4v) is 5.09. The first kappa shape index (κ1) is 15.9. The van der Waals surface area contributed by atoms with Crippen molar-refractivity contribution in [1.29, 1.82) is 0 Å². The molecular formula is C19H24N4O3. The lowest BCUT2D eigenvalue weighted by Crippen LogP contribution is -2.56. The van der Waals surface area contributed by atoms with Crippen molar-refractivity contribution >= 4 is 22.7 Å². The third-order valence-corrected chi connectivity index (χ3v) is 6.40. The number of benzene rings is 1. The molecule has 3 fully saturated rings. The third kappa shape index (κ3) is 2.37. The van der Waals surface area contributed by atoms with Gasteiger partial charge < -0.3 is 24.9 Å². The van der Waals surface area contributed by atoms with E-state index < -0.39 is 0 Å². The maximum absolute atomic E-state index is 12.6. The molecule has 3 N–H and O–H groups in total. The number of aromatic amines is 2. The monoisotopic (exact) mass is 356 g/mol. The highest BCUT2D eigenvalue weighted by Gasteiger charge is 2.53. The van der Waals surface area contributed by atoms with E-state index in [4.69, 9.17) is 4.74 Å². The van der Waals surface area contributed by atoms with Gasteiger partial charge in [-0.3, -0.25) is 4.79 Å². The molecule has 3 heterocycles. The Morgan fingerprint density at radius 1 is 1.15 bits per heavy atom. The van der Waals surface area contributed by atoms with Crippen LogP contribution in [0, 0.1) is 5.41 Å². The number of piperazine rings is 1. The Kier molecular flexibility index (Phi) is 3.60. The van der Waals surface area contributed by atoms with Crippen LogP contribution in [-0.4, -0.2) is 47.7 Å². The van der Waals surface area contributed by atoms with E-state index in [9.17, 15) is 9.59 Å². The molecule has 1 aromatic heterocycles. The lowest BCUT2D eigenvalue weighted by Gasteiger charge is -2.40. The summed E-state index contributed by atoms with van der Waals surface area (Å²) in [6.07, 6.45) is 4.88. The van der Waals surface area contributed by atoms with Crippen LogP contribution in [0.2, 0.25) is 0 Å². The predicted molar refractivity (Wildman–Crippen MR) is 98.3 cm³/mol. The summed E-state index contributed by atoms with van der Waals surface area (Å²) in [6.45, 7) is 2.46. The van der Waals surface area contributed by atoms with Gasteiger partial charge in [0, 0.05) is 26.1 Å². The van der Waals surface area contributed by atoms with Crippen LogP contribution in [0.25, 0.3) is 11.0 Å². The summed E-state index contributed by atoms with van der Waals surface area (Å²) in [7, 11) is 0. The number of esters is 1. The van der Waals surface area contributed by atoms with Crippen molar-refractivity contribution in [2.75, 3.05) is 24.5 Å². The first-order chi connectivity index (χ1) is 12.7. The predicted octanol–water partition coefficient (Wildman–Crippen LogP) is 1.51. The molecule has 2 saturated heterocycles. The number of para-hydroxylation sites is 1. The highest BCUT2D eigenvalue weighted by atomic mass is 16.6. The number of carbonyl (C=O) groups excluding carboxylic acids is 1. The minimum atomic E-state index is -0.248. The molecule has 1 aliphatic carbocycles. The Hall–Kier alpha value is -2.28. The Balaban J connectivity index is 1.49. The molecule has 0 bridgehead atoms. The molecule has 0 radical (unpaired) electrons. The highest BCUT2D eigenvalue weighted by molar-refractivity contribution is 5.88. The van der Waals surface area contributed by atoms with Crippen molar-refractivity contribution in [3.05, 3.63) is 28.7 Å². The highest BCUT2D eigenvalue weighted by Crippen LogP contribution is 2.49. The number of hydrogen-bond donors (Lipinski definition) is 3. The summed E-state index contributed by atoms with van der Waals surface area (Å²) in [5, 5.41) is 3.45. The summed E-state index contributed by atoms with van der Waals surface area (Å²) in [4.78, 5) is 32.4. The Morgan fingerprint density at radius 3 is 2.85 bits per heavy atom. The molecule has 7 heteroatoms. The van der Waals surface area contributed by atoms with Gasteiger partial charge in [0.2, 0.25) is 0 Å². The van der Waals surface area contributed by atoms with Crippen molar-refractivity contribution in [1.82, 2.24) is 15.3 Å². The Morgan fingerprint density at radius 2 is 2.00 bits per heavy atom. The number of carbonyl (C=O) groups is 1. The molecule has 0 amide bonds. The van der Waals surface area contributed by atoms with Crippen molar-refractivity contribution in [3.8, 4) is 0 Å². The molecule has 3 aliphatic rings. The number of fused-ring (bicyclic) bond motifs is 1. The summed E-state index contributed by atoms with van der Waals surface area (Å²) in [6, 6.07) is 5.97. The van der Waals surface area contributed by atoms with Gasteiger partial charge >= 0.3 is 11.7 Å². The molecule has 2 atom stereocenters. The van der Waals surface area contributed by atoms with Crippen molar-refractivity contribution < 1.29 is 9.53 Å². The van der Waals surface area contributed by atoms with Gasteiger partial charge in [0.05, 0.1) is 28.2 Å². The SMILES string of the molecule is O=C1OC(C2CNCCN2c2cccc3[nH]c(=O)[nH]c23)CC12CCCC2. The third-order valence-electron chi connectivity index (χ3n) is 6.40. The molecule has 1 aromatic carbocycles. The van der Waals surface area contributed by atoms with Gasteiger partial charge in [0.15, 0.2) is 0 Å². The molecule has 2 unspecified atom stereocenters. The van der Waals surface area contributed by atoms with Gasteiger partial charge in [-0.25, -0.2) is 4.79 Å². The second kappa shape index (κ2) is 5.87. The lowest BCUT2D eigenvalue weighted by atomic mass is 9.81. The summed E-state index contributed by atoms with van der Waals surface area (Å²) in [5.74, 6) is -0.00113. The van der Waals surface area contributed by atoms with E-state index in [0.717, 1.165) is 68.5 Å². The van der Waals surface area contributed by atoms with Gasteiger partial charge in [0.1, 0.15) is 6.10 Å². The standard InChI is InChI=1S/C19H24N4O3/c24-17-19(6-1-2-7-19)10-15(26-17)14-11-20-8-9-23(14)13-5-3-4-12-16(13)22-18(25)21-12/h3-5,14-15,20H,1-2,6-11H2,(H2,21,22,25). The molecule has 7 nitrogen and oxygen atoms in total. The van der Waals surface area contributed by atoms with E-state index in [-0.39, 0.29) is 29.2 Å². The van der Waals surface area contributed by atoms with Crippen LogP contribution >= 0.6 is 0 Å². The maximum Gasteiger partial charge on any atom is 0.323 e. The minimum absolute atomic E-state index is 0.00113. The number of nitrogens with one attached hydrogen (secondary N) is 3. The van der Waals surface area contributed by atoms with Crippen LogP contribution in [0.1, 0.15) is 32.1 Å². The van der Waals surface area contributed by atoms with Gasteiger partial charge in [0.25, 0.3) is 0 Å². The Bertz CT molecular complexity index is 896. The summed E-state index contributed by atoms with van der Waals surface area (Å²) in [5.41, 5.74) is 2.18. The minimum Gasteiger partial charge on any atom is -0.460 e. The number of rotatable bonds is 2. The van der Waals surface area contributed by atoms with E-state index in [2.05, 4.69) is 20.2 Å². The van der Waals surface area contributed by atoms with Crippen LogP contribution in [0.4, 0.5) is 5.69 Å². The Labute approximate surface area is 151 Å². The van der Waals surface area contributed by atoms with E-state index in [1.807, 2.05) is 18.2 Å². The van der Waals surface area contributed by atoms with Gasteiger partial charge in [-0.15, -0.1) is 0 Å². The van der Waals surface area contributed by atoms with Crippen LogP contribution in [0.15, 0.2) is 23.0 Å². The first-order valence-electron chi connectivity index (χ1n) is 9.56. The second-order valence-corrected chi connectivity index (χ2v) is 7.88. The zero-order chi connectivity index (χ0) is 17.7. The smallest absolute Gasteiger partial charge is 0.323 e. The maximum atomic E-state index is 12.6. The second-order valence-electron chi connectivity index (χ2n) is 7.88. The zero-order valence-corrected chi connectivity index (χ0v) is 14.7. The number of nitrogens with zero attached hydrogens (tertiary/aromatic N) is 1. The molecule has 1 spiro atoms. The number of H-pyrrole nitrogens is 2. The van der Waals surface area contributed by atoms with Crippen LogP contribution in [0.5, 0.6) is 0 Å². The topological polar surface area (TPSA) is 90.2 Å². The van der Waals surface area contributed by atoms with Crippen molar-refractivity contribution in [2.45, 2.75) is 44.2 Å². The molecule has 2 aromatic rings. The normalized spacial score (nSPS) is 28.2. The van der Waals surface area contributed by atoms with Gasteiger partial charge in [-0.1, -0.05) is 18.9 Å². The largest absolute Gasteiger partial charge is 0.460 e. The number of imidazole rings is 1. The van der Waals surface area contributed by atoms with Gasteiger partial charge in [-0.05, 0) is 25.0 Å². The molecule has 2 aliphatic heterocycles. The zero-order valence-electron chi connectivity index (χ0n) is 14.7. The van der Waals surface area contributed by atoms with Crippen molar-refractivity contribution in [2.24, 2.45) is 5.41 Å². The molecular weight excluding hydrogens is 332 g/mol. The lowest BCUT2D eigenvalue weighted by molar-refractivity contribution is -0.149. The van der Waals surface area contributed by atoms with Gasteiger partial charge in [-0.2, -0.15) is 0 Å². The number of anilines is 1. The van der Waals surface area contributed by atoms with E-state index >= 15 is 0 Å². The number of aromatic nitrogens is 2. The van der Waals surface area contributed by atoms with Crippen LogP contribution in [0.3, 0.4) is 0 Å². The number of hydrogen-bond acceptors (Lipinski definition) is 5. The quantitative estimate of drug-likeness (QED) is 0.710. The van der Waals surface area contributed by atoms with Crippen molar-refractivity contribution in [3.63, 3.8) is 0 Å². The average molecular weight is 356 g/mol. The molecule has 1 saturated carbocycles. The molecule has 26 heavy (non-hydrogen) atoms. The fourth-order valence-electron chi connectivity index (χ4n) is 5.09. The van der Waals surface area contributed by atoms with E-state index in [0.29, 0.717) is 0 Å².